The number of imidazole rings is 1. The molecule has 0 spiro atoms. The predicted octanol–water partition coefficient (Wildman–Crippen LogP) is 4.48. The molecule has 1 amide bonds. The molecule has 0 radical (unpaired) electrons. The lowest BCUT2D eigenvalue weighted by molar-refractivity contribution is -0.115. The maximum atomic E-state index is 12.5. The van der Waals surface area contributed by atoms with Crippen LogP contribution in [0.3, 0.4) is 0 Å². The average molecular weight is 376 g/mol. The molecule has 1 unspecified atom stereocenters. The molecule has 0 saturated heterocycles. The highest BCUT2D eigenvalue weighted by molar-refractivity contribution is 8.00. The molecule has 0 aliphatic heterocycles. The number of aryl methyl sites for hydroxylation is 2. The van der Waals surface area contributed by atoms with Crippen LogP contribution in [-0.4, -0.2) is 20.7 Å². The van der Waals surface area contributed by atoms with Gasteiger partial charge in [-0.3, -0.25) is 9.36 Å². The molecule has 1 aromatic heterocycles. The summed E-state index contributed by atoms with van der Waals surface area (Å²) in [5.74, 6) is -0.111. The van der Waals surface area contributed by atoms with Gasteiger partial charge in [0.15, 0.2) is 5.16 Å². The van der Waals surface area contributed by atoms with Gasteiger partial charge in [0.2, 0.25) is 5.91 Å². The van der Waals surface area contributed by atoms with Crippen LogP contribution in [0, 0.1) is 25.2 Å². The zero-order valence-corrected chi connectivity index (χ0v) is 16.2. The van der Waals surface area contributed by atoms with Gasteiger partial charge in [0, 0.05) is 23.8 Å². The van der Waals surface area contributed by atoms with Crippen molar-refractivity contribution in [2.45, 2.75) is 31.2 Å². The second-order valence-electron chi connectivity index (χ2n) is 6.36. The summed E-state index contributed by atoms with van der Waals surface area (Å²) >= 11 is 1.41. The molecule has 0 saturated carbocycles. The van der Waals surface area contributed by atoms with Crippen molar-refractivity contribution >= 4 is 23.4 Å². The molecule has 1 N–H and O–H groups in total. The number of nitriles is 1. The van der Waals surface area contributed by atoms with Crippen molar-refractivity contribution in [3.63, 3.8) is 0 Å². The number of carbonyl (C=O) groups excluding carboxylic acids is 1. The van der Waals surface area contributed by atoms with E-state index >= 15 is 0 Å². The Morgan fingerprint density at radius 3 is 2.48 bits per heavy atom. The Hall–Kier alpha value is -3.04. The van der Waals surface area contributed by atoms with E-state index in [2.05, 4.69) is 48.4 Å². The largest absolute Gasteiger partial charge is 0.325 e. The lowest BCUT2D eigenvalue weighted by Gasteiger charge is -2.14. The molecule has 0 bridgehead atoms. The Morgan fingerprint density at radius 2 is 1.85 bits per heavy atom. The van der Waals surface area contributed by atoms with E-state index in [9.17, 15) is 4.79 Å². The maximum absolute atomic E-state index is 12.5. The third kappa shape index (κ3) is 4.57. The number of nitrogens with one attached hydrogen (secondary N) is 1. The lowest BCUT2D eigenvalue weighted by atomic mass is 10.1. The fraction of sp³-hybridized carbons (Fsp3) is 0.190. The average Bonchev–Trinajstić information content (AvgIpc) is 3.09. The minimum absolute atomic E-state index is 0.111. The number of amides is 1. The first-order valence-electron chi connectivity index (χ1n) is 8.56. The molecule has 0 aliphatic rings. The van der Waals surface area contributed by atoms with Gasteiger partial charge in [-0.2, -0.15) is 5.26 Å². The highest BCUT2D eigenvalue weighted by Gasteiger charge is 2.18. The van der Waals surface area contributed by atoms with Crippen LogP contribution in [0.4, 0.5) is 5.69 Å². The number of rotatable bonds is 5. The number of aromatic nitrogens is 2. The van der Waals surface area contributed by atoms with Crippen LogP contribution in [0.15, 0.2) is 60.0 Å². The molecule has 0 fully saturated rings. The lowest BCUT2D eigenvalue weighted by Crippen LogP contribution is -2.22. The van der Waals surface area contributed by atoms with Gasteiger partial charge in [-0.1, -0.05) is 17.8 Å². The van der Waals surface area contributed by atoms with Crippen molar-refractivity contribution in [2.24, 2.45) is 0 Å². The summed E-state index contributed by atoms with van der Waals surface area (Å²) in [6.45, 7) is 5.98. The number of benzene rings is 2. The highest BCUT2D eigenvalue weighted by Crippen LogP contribution is 2.26. The van der Waals surface area contributed by atoms with Crippen molar-refractivity contribution in [1.29, 1.82) is 5.26 Å². The second kappa shape index (κ2) is 8.11. The van der Waals surface area contributed by atoms with Gasteiger partial charge in [-0.25, -0.2) is 4.98 Å². The van der Waals surface area contributed by atoms with E-state index in [0.717, 1.165) is 10.8 Å². The summed E-state index contributed by atoms with van der Waals surface area (Å²) in [4.78, 5) is 16.9. The van der Waals surface area contributed by atoms with Crippen LogP contribution < -0.4 is 5.32 Å². The third-order valence-corrected chi connectivity index (χ3v) is 5.10. The third-order valence-electron chi connectivity index (χ3n) is 4.02. The van der Waals surface area contributed by atoms with Crippen molar-refractivity contribution in [2.75, 3.05) is 5.32 Å². The number of nitrogens with zero attached hydrogens (tertiary/aromatic N) is 3. The summed E-state index contributed by atoms with van der Waals surface area (Å²) in [6.07, 6.45) is 3.65. The number of hydrogen-bond acceptors (Lipinski definition) is 4. The molecule has 1 atom stereocenters. The Kier molecular flexibility index (Phi) is 5.63. The minimum Gasteiger partial charge on any atom is -0.325 e. The van der Waals surface area contributed by atoms with Crippen molar-refractivity contribution in [3.8, 4) is 11.8 Å². The minimum atomic E-state index is -0.326. The monoisotopic (exact) mass is 376 g/mol. The van der Waals surface area contributed by atoms with Gasteiger partial charge >= 0.3 is 0 Å². The molecule has 1 heterocycles. The molecule has 27 heavy (non-hydrogen) atoms. The maximum Gasteiger partial charge on any atom is 0.237 e. The topological polar surface area (TPSA) is 70.7 Å². The van der Waals surface area contributed by atoms with E-state index in [1.54, 1.807) is 30.5 Å². The normalized spacial score (nSPS) is 11.6. The quantitative estimate of drug-likeness (QED) is 0.667. The van der Waals surface area contributed by atoms with E-state index in [1.165, 1.54) is 22.9 Å². The fourth-order valence-corrected chi connectivity index (χ4v) is 3.63. The van der Waals surface area contributed by atoms with E-state index in [1.807, 2.05) is 17.7 Å². The Labute approximate surface area is 163 Å². The van der Waals surface area contributed by atoms with Crippen LogP contribution in [0.2, 0.25) is 0 Å². The van der Waals surface area contributed by atoms with Crippen LogP contribution >= 0.6 is 11.8 Å². The van der Waals surface area contributed by atoms with Crippen molar-refractivity contribution in [1.82, 2.24) is 9.55 Å². The Morgan fingerprint density at radius 1 is 1.19 bits per heavy atom. The zero-order chi connectivity index (χ0) is 19.4. The summed E-state index contributed by atoms with van der Waals surface area (Å²) in [5, 5.41) is 12.2. The van der Waals surface area contributed by atoms with Crippen LogP contribution in [0.5, 0.6) is 0 Å². The van der Waals surface area contributed by atoms with Gasteiger partial charge in [-0.15, -0.1) is 0 Å². The van der Waals surface area contributed by atoms with Crippen LogP contribution in [-0.2, 0) is 4.79 Å². The Bertz CT molecular complexity index is 982. The summed E-state index contributed by atoms with van der Waals surface area (Å²) in [6, 6.07) is 15.2. The van der Waals surface area contributed by atoms with E-state index in [4.69, 9.17) is 5.26 Å². The number of anilines is 1. The van der Waals surface area contributed by atoms with E-state index in [0.29, 0.717) is 11.3 Å². The zero-order valence-electron chi connectivity index (χ0n) is 15.4. The van der Waals surface area contributed by atoms with Gasteiger partial charge < -0.3 is 5.32 Å². The van der Waals surface area contributed by atoms with Crippen molar-refractivity contribution < 1.29 is 4.79 Å². The summed E-state index contributed by atoms with van der Waals surface area (Å²) in [5.41, 5.74) is 4.63. The molecule has 5 nitrogen and oxygen atoms in total. The van der Waals surface area contributed by atoms with Crippen molar-refractivity contribution in [3.05, 3.63) is 71.5 Å². The first-order valence-corrected chi connectivity index (χ1v) is 9.44. The second-order valence-corrected chi connectivity index (χ2v) is 7.67. The molecule has 0 aliphatic carbocycles. The molecule has 3 rings (SSSR count). The van der Waals surface area contributed by atoms with E-state index < -0.39 is 0 Å². The first-order chi connectivity index (χ1) is 13.0. The smallest absolute Gasteiger partial charge is 0.237 e. The van der Waals surface area contributed by atoms with Crippen LogP contribution in [0.1, 0.15) is 23.6 Å². The fourth-order valence-electron chi connectivity index (χ4n) is 2.75. The molecule has 3 aromatic rings. The molecular formula is C21H20N4OS. The standard InChI is InChI=1S/C21H20N4OS/c1-14-10-15(2)12-19(11-14)25-9-8-23-21(25)27-16(3)20(26)24-18-6-4-17(13-22)5-7-18/h4-12,16H,1-3H3,(H,24,26). The molecular weight excluding hydrogens is 356 g/mol. The summed E-state index contributed by atoms with van der Waals surface area (Å²) < 4.78 is 2.00. The van der Waals surface area contributed by atoms with Gasteiger partial charge in [-0.05, 0) is 68.3 Å². The van der Waals surface area contributed by atoms with E-state index in [-0.39, 0.29) is 11.2 Å². The van der Waals surface area contributed by atoms with Crippen LogP contribution in [0.25, 0.3) is 5.69 Å². The van der Waals surface area contributed by atoms with Gasteiger partial charge in [0.05, 0.1) is 16.9 Å². The molecule has 136 valence electrons. The van der Waals surface area contributed by atoms with Gasteiger partial charge in [0.1, 0.15) is 0 Å². The molecule has 2 aromatic carbocycles. The predicted molar refractivity (Wildman–Crippen MR) is 108 cm³/mol. The highest BCUT2D eigenvalue weighted by atomic mass is 32.2. The number of hydrogen-bond donors (Lipinski definition) is 1. The SMILES string of the molecule is Cc1cc(C)cc(-n2ccnc2SC(C)C(=O)Nc2ccc(C#N)cc2)c1. The Balaban J connectivity index is 1.72. The number of carbonyl (C=O) groups is 1. The summed E-state index contributed by atoms with van der Waals surface area (Å²) in [7, 11) is 0. The number of thioether (sulfide) groups is 1. The first kappa shape index (κ1) is 18.7. The van der Waals surface area contributed by atoms with Gasteiger partial charge in [0.25, 0.3) is 0 Å². The molecule has 6 heteroatoms.